The molecule has 0 aliphatic carbocycles. The summed E-state index contributed by atoms with van der Waals surface area (Å²) in [7, 11) is 0. The SMILES string of the molecule is CCN1C(=O)C2(SCCS2)c2cc(Cl)ccc21. The van der Waals surface area contributed by atoms with E-state index in [1.165, 1.54) is 0 Å². The van der Waals surface area contributed by atoms with Crippen LogP contribution >= 0.6 is 35.1 Å². The van der Waals surface area contributed by atoms with Crippen LogP contribution in [-0.4, -0.2) is 24.0 Å². The molecule has 2 nitrogen and oxygen atoms in total. The highest BCUT2D eigenvalue weighted by Crippen LogP contribution is 2.59. The molecule has 1 aromatic carbocycles. The Morgan fingerprint density at radius 2 is 2.12 bits per heavy atom. The summed E-state index contributed by atoms with van der Waals surface area (Å²) in [5.74, 6) is 2.27. The van der Waals surface area contributed by atoms with Crippen molar-refractivity contribution in [2.24, 2.45) is 0 Å². The number of benzene rings is 1. The Morgan fingerprint density at radius 1 is 1.41 bits per heavy atom. The van der Waals surface area contributed by atoms with Gasteiger partial charge in [0, 0.05) is 34.3 Å². The number of anilines is 1. The van der Waals surface area contributed by atoms with Gasteiger partial charge in [-0.2, -0.15) is 0 Å². The number of amides is 1. The molecule has 2 heterocycles. The molecule has 1 saturated heterocycles. The van der Waals surface area contributed by atoms with Crippen LogP contribution in [0.25, 0.3) is 0 Å². The molecular weight excluding hydrogens is 274 g/mol. The number of halogens is 1. The van der Waals surface area contributed by atoms with E-state index in [0.717, 1.165) is 29.3 Å². The second-order valence-corrected chi connectivity index (χ2v) is 7.34. The van der Waals surface area contributed by atoms with Crippen LogP contribution in [0.3, 0.4) is 0 Å². The second kappa shape index (κ2) is 4.11. The lowest BCUT2D eigenvalue weighted by atomic mass is 10.1. The number of carbonyl (C=O) groups is 1. The third-order valence-corrected chi connectivity index (χ3v) is 6.76. The van der Waals surface area contributed by atoms with Crippen molar-refractivity contribution in [2.45, 2.75) is 11.0 Å². The lowest BCUT2D eigenvalue weighted by molar-refractivity contribution is -0.118. The molecule has 1 fully saturated rings. The van der Waals surface area contributed by atoms with E-state index < -0.39 is 4.08 Å². The molecule has 2 aliphatic heterocycles. The van der Waals surface area contributed by atoms with Crippen LogP contribution < -0.4 is 4.90 Å². The van der Waals surface area contributed by atoms with Gasteiger partial charge in [0.15, 0.2) is 4.08 Å². The quantitative estimate of drug-likeness (QED) is 0.789. The normalized spacial score (nSPS) is 21.3. The van der Waals surface area contributed by atoms with Gasteiger partial charge in [0.05, 0.1) is 0 Å². The van der Waals surface area contributed by atoms with Crippen LogP contribution in [0.5, 0.6) is 0 Å². The van der Waals surface area contributed by atoms with Gasteiger partial charge in [-0.1, -0.05) is 11.6 Å². The summed E-state index contributed by atoms with van der Waals surface area (Å²) >= 11 is 9.56. The van der Waals surface area contributed by atoms with E-state index in [-0.39, 0.29) is 5.91 Å². The summed E-state index contributed by atoms with van der Waals surface area (Å²) in [6, 6.07) is 5.78. The highest BCUT2D eigenvalue weighted by molar-refractivity contribution is 8.21. The molecule has 1 spiro atoms. The van der Waals surface area contributed by atoms with Gasteiger partial charge in [-0.3, -0.25) is 4.79 Å². The Morgan fingerprint density at radius 3 is 2.76 bits per heavy atom. The highest BCUT2D eigenvalue weighted by Gasteiger charge is 2.53. The fourth-order valence-electron chi connectivity index (χ4n) is 2.41. The van der Waals surface area contributed by atoms with Crippen LogP contribution in [-0.2, 0) is 8.87 Å². The van der Waals surface area contributed by atoms with E-state index >= 15 is 0 Å². The summed E-state index contributed by atoms with van der Waals surface area (Å²) in [5, 5.41) is 0.710. The average Bonchev–Trinajstić information content (AvgIpc) is 2.88. The average molecular weight is 286 g/mol. The molecule has 3 rings (SSSR count). The molecule has 90 valence electrons. The first-order valence-electron chi connectivity index (χ1n) is 5.59. The Kier molecular flexibility index (Phi) is 2.84. The first-order valence-corrected chi connectivity index (χ1v) is 7.94. The number of carbonyl (C=O) groups excluding carboxylic acids is 1. The molecule has 5 heteroatoms. The number of likely N-dealkylation sites (N-methyl/N-ethyl adjacent to an activating group) is 1. The zero-order valence-corrected chi connectivity index (χ0v) is 11.8. The lowest BCUT2D eigenvalue weighted by Gasteiger charge is -2.21. The van der Waals surface area contributed by atoms with Crippen molar-refractivity contribution in [3.05, 3.63) is 28.8 Å². The minimum Gasteiger partial charge on any atom is -0.310 e. The van der Waals surface area contributed by atoms with Crippen LogP contribution in [0, 0.1) is 0 Å². The van der Waals surface area contributed by atoms with Crippen molar-refractivity contribution < 1.29 is 4.79 Å². The third kappa shape index (κ3) is 1.54. The van der Waals surface area contributed by atoms with Crippen molar-refractivity contribution in [3.63, 3.8) is 0 Å². The number of nitrogens with zero attached hydrogens (tertiary/aromatic N) is 1. The zero-order valence-electron chi connectivity index (χ0n) is 9.40. The van der Waals surface area contributed by atoms with Crippen molar-refractivity contribution in [1.29, 1.82) is 0 Å². The molecule has 17 heavy (non-hydrogen) atoms. The molecule has 2 aliphatic rings. The second-order valence-electron chi connectivity index (χ2n) is 4.02. The van der Waals surface area contributed by atoms with Gasteiger partial charge in [0.2, 0.25) is 0 Å². The molecule has 0 N–H and O–H groups in total. The minimum absolute atomic E-state index is 0.213. The molecule has 0 aromatic heterocycles. The molecule has 0 atom stereocenters. The van der Waals surface area contributed by atoms with Crippen molar-refractivity contribution in [1.82, 2.24) is 0 Å². The smallest absolute Gasteiger partial charge is 0.258 e. The largest absolute Gasteiger partial charge is 0.310 e. The number of hydrogen-bond acceptors (Lipinski definition) is 3. The minimum atomic E-state index is -0.420. The number of thioether (sulfide) groups is 2. The van der Waals surface area contributed by atoms with Gasteiger partial charge in [-0.05, 0) is 25.1 Å². The van der Waals surface area contributed by atoms with Gasteiger partial charge in [0.25, 0.3) is 5.91 Å². The fraction of sp³-hybridized carbons (Fsp3) is 0.417. The van der Waals surface area contributed by atoms with E-state index in [1.54, 1.807) is 23.5 Å². The van der Waals surface area contributed by atoms with E-state index in [1.807, 2.05) is 30.0 Å². The molecule has 1 aromatic rings. The summed E-state index contributed by atoms with van der Waals surface area (Å²) in [6.45, 7) is 2.73. The summed E-state index contributed by atoms with van der Waals surface area (Å²) in [5.41, 5.74) is 2.12. The summed E-state index contributed by atoms with van der Waals surface area (Å²) in [4.78, 5) is 14.4. The van der Waals surface area contributed by atoms with Crippen LogP contribution in [0.15, 0.2) is 18.2 Å². The molecule has 0 bridgehead atoms. The Labute approximate surface area is 114 Å². The summed E-state index contributed by atoms with van der Waals surface area (Å²) < 4.78 is -0.420. The first-order chi connectivity index (χ1) is 8.19. The van der Waals surface area contributed by atoms with Crippen molar-refractivity contribution in [2.75, 3.05) is 23.0 Å². The molecule has 0 radical (unpaired) electrons. The van der Waals surface area contributed by atoms with E-state index in [4.69, 9.17) is 11.6 Å². The van der Waals surface area contributed by atoms with E-state index in [2.05, 4.69) is 0 Å². The van der Waals surface area contributed by atoms with Crippen LogP contribution in [0.2, 0.25) is 5.02 Å². The monoisotopic (exact) mass is 285 g/mol. The van der Waals surface area contributed by atoms with E-state index in [9.17, 15) is 4.79 Å². The molecule has 1 amide bonds. The predicted octanol–water partition coefficient (Wildman–Crippen LogP) is 3.34. The predicted molar refractivity (Wildman–Crippen MR) is 76.1 cm³/mol. The van der Waals surface area contributed by atoms with Gasteiger partial charge in [-0.25, -0.2) is 0 Å². The Balaban J connectivity index is 2.21. The van der Waals surface area contributed by atoms with Gasteiger partial charge < -0.3 is 4.90 Å². The van der Waals surface area contributed by atoms with Crippen LogP contribution in [0.1, 0.15) is 12.5 Å². The highest BCUT2D eigenvalue weighted by atomic mass is 35.5. The maximum atomic E-state index is 12.6. The molecule has 0 unspecified atom stereocenters. The van der Waals surface area contributed by atoms with Crippen LogP contribution in [0.4, 0.5) is 5.69 Å². The topological polar surface area (TPSA) is 20.3 Å². The first kappa shape index (κ1) is 11.8. The number of fused-ring (bicyclic) bond motifs is 2. The van der Waals surface area contributed by atoms with Crippen molar-refractivity contribution in [3.8, 4) is 0 Å². The summed E-state index contributed by atoms with van der Waals surface area (Å²) in [6.07, 6.45) is 0. The molecule has 0 saturated carbocycles. The van der Waals surface area contributed by atoms with Gasteiger partial charge in [0.1, 0.15) is 0 Å². The van der Waals surface area contributed by atoms with Gasteiger partial charge >= 0.3 is 0 Å². The van der Waals surface area contributed by atoms with Crippen molar-refractivity contribution >= 4 is 46.7 Å². The van der Waals surface area contributed by atoms with Gasteiger partial charge in [-0.15, -0.1) is 23.5 Å². The Bertz CT molecular complexity index is 485. The van der Waals surface area contributed by atoms with E-state index in [0.29, 0.717) is 5.02 Å². The third-order valence-electron chi connectivity index (χ3n) is 3.14. The maximum absolute atomic E-state index is 12.6. The zero-order chi connectivity index (χ0) is 12.0. The number of rotatable bonds is 1. The lowest BCUT2D eigenvalue weighted by Crippen LogP contribution is -2.34. The maximum Gasteiger partial charge on any atom is 0.258 e. The number of hydrogen-bond donors (Lipinski definition) is 0. The fourth-order valence-corrected chi connectivity index (χ4v) is 5.77. The molecular formula is C12H12ClNOS2. The Hall–Kier alpha value is -0.320. The standard InChI is InChI=1S/C12H12ClNOS2/c1-2-14-10-4-3-8(13)7-9(10)12(11(14)15)16-5-6-17-12/h3-4,7H,2,5-6H2,1H3.